The fourth-order valence-electron chi connectivity index (χ4n) is 0. The van der Waals surface area contributed by atoms with Crippen LogP contribution in [0.5, 0.6) is 0 Å². The molecule has 0 amide bonds. The molecule has 0 radical (unpaired) electrons. The molecule has 0 bridgehead atoms. The van der Waals surface area contributed by atoms with Crippen LogP contribution in [-0.2, 0) is 0 Å². The highest BCUT2D eigenvalue weighted by Crippen LogP contribution is 1.63. The highest BCUT2D eigenvalue weighted by Gasteiger charge is 1.62. The van der Waals surface area contributed by atoms with Crippen LogP contribution in [0.15, 0.2) is 4.99 Å². The van der Waals surface area contributed by atoms with Crippen molar-refractivity contribution < 1.29 is 0 Å². The minimum absolute atomic E-state index is 0. The molecule has 0 aliphatic carbocycles. The maximum atomic E-state index is 3.81. The van der Waals surface area contributed by atoms with E-state index in [0.717, 1.165) is 5.71 Å². The largest absolute Gasteiger partial charge is 0.298 e. The normalized spacial score (nSPS) is 5.00. The first kappa shape index (κ1) is 15.9. The average molecular weight is 103 g/mol. The molecule has 0 fully saturated rings. The predicted octanol–water partition coefficient (Wildman–Crippen LogP) is 2.37. The van der Waals surface area contributed by atoms with Crippen molar-refractivity contribution in [3.8, 4) is 0 Å². The van der Waals surface area contributed by atoms with Crippen LogP contribution in [0.1, 0.15) is 28.7 Å². The lowest BCUT2D eigenvalue weighted by Crippen LogP contribution is -1.74. The van der Waals surface area contributed by atoms with Crippen LogP contribution in [-0.4, -0.2) is 12.8 Å². The summed E-state index contributed by atoms with van der Waals surface area (Å²) >= 11 is 0. The van der Waals surface area contributed by atoms with Gasteiger partial charge in [0, 0.05) is 12.8 Å². The fraction of sp³-hybridized carbons (Fsp3) is 0.833. The summed E-state index contributed by atoms with van der Waals surface area (Å²) in [5, 5.41) is 0. The minimum Gasteiger partial charge on any atom is -0.298 e. The van der Waals surface area contributed by atoms with Gasteiger partial charge in [0.2, 0.25) is 0 Å². The molecule has 1 heteroatoms. The van der Waals surface area contributed by atoms with Gasteiger partial charge in [-0.05, 0) is 13.8 Å². The van der Waals surface area contributed by atoms with Crippen molar-refractivity contribution in [1.29, 1.82) is 0 Å². The van der Waals surface area contributed by atoms with E-state index in [-0.39, 0.29) is 14.9 Å². The summed E-state index contributed by atoms with van der Waals surface area (Å²) in [5.74, 6) is 0. The Morgan fingerprint density at radius 3 is 1.29 bits per heavy atom. The third kappa shape index (κ3) is 27.4. The molecule has 0 rings (SSSR count). The molecule has 0 atom stereocenters. The number of hydrogen-bond acceptors (Lipinski definition) is 1. The van der Waals surface area contributed by atoms with Crippen LogP contribution < -0.4 is 0 Å². The van der Waals surface area contributed by atoms with Gasteiger partial charge in [-0.25, -0.2) is 0 Å². The number of aliphatic imine (C=N–C) groups is 1. The lowest BCUT2D eigenvalue weighted by atomic mass is 10.5. The Balaban J connectivity index is -0.0000000800. The molecule has 0 aromatic carbocycles. The van der Waals surface area contributed by atoms with E-state index in [1.807, 2.05) is 13.8 Å². The topological polar surface area (TPSA) is 12.4 Å². The Labute approximate surface area is 47.5 Å². The number of nitrogens with zero attached hydrogens (tertiary/aromatic N) is 1. The van der Waals surface area contributed by atoms with Crippen LogP contribution in [0.2, 0.25) is 0 Å². The maximum absolute atomic E-state index is 3.81. The van der Waals surface area contributed by atoms with E-state index < -0.39 is 0 Å². The van der Waals surface area contributed by atoms with Crippen LogP contribution in [0.25, 0.3) is 0 Å². The molecule has 0 aliphatic rings. The summed E-state index contributed by atoms with van der Waals surface area (Å²) in [4.78, 5) is 3.81. The highest BCUT2D eigenvalue weighted by atomic mass is 14.7. The molecule has 0 aromatic rings. The molecule has 46 valence electrons. The number of rotatable bonds is 0. The second kappa shape index (κ2) is 9.18. The molecule has 0 saturated carbocycles. The maximum Gasteiger partial charge on any atom is 0.0276 e. The van der Waals surface area contributed by atoms with Crippen LogP contribution in [0.3, 0.4) is 0 Å². The lowest BCUT2D eigenvalue weighted by molar-refractivity contribution is 1.41. The van der Waals surface area contributed by atoms with E-state index in [1.165, 1.54) is 0 Å². The van der Waals surface area contributed by atoms with Gasteiger partial charge in [-0.1, -0.05) is 14.9 Å². The van der Waals surface area contributed by atoms with E-state index in [2.05, 4.69) is 4.99 Å². The molecule has 0 spiro atoms. The van der Waals surface area contributed by atoms with Crippen LogP contribution in [0.4, 0.5) is 0 Å². The second-order valence-electron chi connectivity index (χ2n) is 1.17. The Kier molecular flexibility index (Phi) is 20.9. The zero-order chi connectivity index (χ0) is 4.28. The molecule has 0 saturated heterocycles. The van der Waals surface area contributed by atoms with Crippen molar-refractivity contribution in [3.63, 3.8) is 0 Å². The van der Waals surface area contributed by atoms with Crippen molar-refractivity contribution in [2.75, 3.05) is 7.05 Å². The first-order chi connectivity index (χ1) is 2.27. The predicted molar refractivity (Wildman–Crippen MR) is 38.2 cm³/mol. The average Bonchev–Trinajstić information content (AvgIpc) is 1.38. The van der Waals surface area contributed by atoms with Gasteiger partial charge < -0.3 is 0 Å². The van der Waals surface area contributed by atoms with Crippen molar-refractivity contribution >= 4 is 5.71 Å². The third-order valence-electron chi connectivity index (χ3n) is 0.447. The molecule has 0 aromatic heterocycles. The zero-order valence-corrected chi connectivity index (χ0v) is 3.95. The molecular weight excluding hydrogens is 86.1 g/mol. The van der Waals surface area contributed by atoms with Crippen molar-refractivity contribution in [2.24, 2.45) is 4.99 Å². The first-order valence-electron chi connectivity index (χ1n) is 1.67. The van der Waals surface area contributed by atoms with E-state index in [9.17, 15) is 0 Å². The smallest absolute Gasteiger partial charge is 0.0276 e. The van der Waals surface area contributed by atoms with E-state index >= 15 is 0 Å². The van der Waals surface area contributed by atoms with E-state index in [1.54, 1.807) is 7.05 Å². The monoisotopic (exact) mass is 103 g/mol. The summed E-state index contributed by atoms with van der Waals surface area (Å²) in [7, 11) is 1.79. The van der Waals surface area contributed by atoms with Crippen molar-refractivity contribution in [1.82, 2.24) is 0 Å². The lowest BCUT2D eigenvalue weighted by Gasteiger charge is -1.74. The van der Waals surface area contributed by atoms with E-state index in [0.29, 0.717) is 0 Å². The van der Waals surface area contributed by atoms with Gasteiger partial charge in [0.15, 0.2) is 0 Å². The Morgan fingerprint density at radius 2 is 1.29 bits per heavy atom. The molecule has 1 nitrogen and oxygen atoms in total. The van der Waals surface area contributed by atoms with Crippen LogP contribution in [0, 0.1) is 0 Å². The molecule has 0 N–H and O–H groups in total. The van der Waals surface area contributed by atoms with Crippen molar-refractivity contribution in [3.05, 3.63) is 0 Å². The summed E-state index contributed by atoms with van der Waals surface area (Å²) in [6.45, 7) is 3.94. The molecule has 0 heterocycles. The molecular formula is C6H17N. The van der Waals surface area contributed by atoms with E-state index in [4.69, 9.17) is 0 Å². The van der Waals surface area contributed by atoms with Crippen LogP contribution >= 0.6 is 0 Å². The number of hydrogen-bond donors (Lipinski definition) is 0. The summed E-state index contributed by atoms with van der Waals surface area (Å²) < 4.78 is 0. The molecule has 0 unspecified atom stereocenters. The standard InChI is InChI=1S/C4H9N.2CH4/c1-4(2)5-3;;/h1-3H3;2*1H4. The van der Waals surface area contributed by atoms with Gasteiger partial charge in [0.1, 0.15) is 0 Å². The summed E-state index contributed by atoms with van der Waals surface area (Å²) in [6, 6.07) is 0. The quantitative estimate of drug-likeness (QED) is 0.417. The van der Waals surface area contributed by atoms with Gasteiger partial charge in [0.05, 0.1) is 0 Å². The summed E-state index contributed by atoms with van der Waals surface area (Å²) in [6.07, 6.45) is 0. The Morgan fingerprint density at radius 1 is 1.14 bits per heavy atom. The fourth-order valence-corrected chi connectivity index (χ4v) is 0. The third-order valence-corrected chi connectivity index (χ3v) is 0.447. The molecule has 7 heavy (non-hydrogen) atoms. The van der Waals surface area contributed by atoms with Gasteiger partial charge in [-0.2, -0.15) is 0 Å². The Hall–Kier alpha value is -0.330. The minimum atomic E-state index is 0. The second-order valence-corrected chi connectivity index (χ2v) is 1.17. The molecule has 0 aliphatic heterocycles. The highest BCUT2D eigenvalue weighted by molar-refractivity contribution is 5.78. The van der Waals surface area contributed by atoms with Gasteiger partial charge >= 0.3 is 0 Å². The first-order valence-corrected chi connectivity index (χ1v) is 1.67. The Bertz CT molecular complexity index is 42.1. The summed E-state index contributed by atoms with van der Waals surface area (Å²) in [5.41, 5.74) is 1.13. The van der Waals surface area contributed by atoms with Crippen molar-refractivity contribution in [2.45, 2.75) is 28.7 Å². The van der Waals surface area contributed by atoms with Gasteiger partial charge in [-0.3, -0.25) is 4.99 Å². The van der Waals surface area contributed by atoms with Gasteiger partial charge in [-0.15, -0.1) is 0 Å². The SMILES string of the molecule is C.C.CN=C(C)C. The van der Waals surface area contributed by atoms with Gasteiger partial charge in [0.25, 0.3) is 0 Å². The zero-order valence-electron chi connectivity index (χ0n) is 3.95.